The SMILES string of the molecule is [B]C1(O)N(C(=O)c2nn(C)cc2-c2ccc(Cl)cc2)C(CNc2cnc(C(F)(F)F)cn2)C(C)OC1(F)F. The molecule has 1 fully saturated rings. The lowest BCUT2D eigenvalue weighted by Crippen LogP contribution is -2.74. The number of benzene rings is 1. The van der Waals surface area contributed by atoms with Crippen molar-refractivity contribution in [3.63, 3.8) is 0 Å². The highest BCUT2D eigenvalue weighted by Crippen LogP contribution is 2.41. The zero-order valence-corrected chi connectivity index (χ0v) is 20.5. The first-order chi connectivity index (χ1) is 17.6. The minimum Gasteiger partial charge on any atom is -0.372 e. The summed E-state index contributed by atoms with van der Waals surface area (Å²) < 4.78 is 73.7. The van der Waals surface area contributed by atoms with E-state index in [1.807, 2.05) is 0 Å². The van der Waals surface area contributed by atoms with E-state index in [2.05, 4.69) is 25.1 Å². The summed E-state index contributed by atoms with van der Waals surface area (Å²) in [7, 11) is 7.10. The van der Waals surface area contributed by atoms with Crippen LogP contribution in [0.15, 0.2) is 42.9 Å². The number of nitrogens with one attached hydrogen (secondary N) is 1. The molecule has 38 heavy (non-hydrogen) atoms. The topological polar surface area (TPSA) is 105 Å². The molecule has 0 bridgehead atoms. The van der Waals surface area contributed by atoms with Gasteiger partial charge in [0.25, 0.3) is 5.91 Å². The van der Waals surface area contributed by atoms with Crippen LogP contribution < -0.4 is 5.32 Å². The second kappa shape index (κ2) is 9.78. The van der Waals surface area contributed by atoms with Gasteiger partial charge in [-0.15, -0.1) is 0 Å². The normalized spacial score (nSPS) is 23.3. The number of nitrogens with zero attached hydrogens (tertiary/aromatic N) is 5. The maximum Gasteiger partial charge on any atom is 0.434 e. The van der Waals surface area contributed by atoms with E-state index in [4.69, 9.17) is 19.4 Å². The van der Waals surface area contributed by atoms with Gasteiger partial charge < -0.3 is 20.1 Å². The van der Waals surface area contributed by atoms with Crippen molar-refractivity contribution in [2.75, 3.05) is 11.9 Å². The van der Waals surface area contributed by atoms with Crippen molar-refractivity contribution in [3.8, 4) is 11.1 Å². The lowest BCUT2D eigenvalue weighted by atomic mass is 9.83. The highest BCUT2D eigenvalue weighted by Gasteiger charge is 2.63. The number of anilines is 1. The molecule has 16 heteroatoms. The Hall–Kier alpha value is -3.30. The summed E-state index contributed by atoms with van der Waals surface area (Å²) in [6.07, 6.45) is -7.78. The number of amides is 1. The van der Waals surface area contributed by atoms with E-state index >= 15 is 0 Å². The van der Waals surface area contributed by atoms with Gasteiger partial charge in [0.05, 0.1) is 24.5 Å². The number of hydrogen-bond donors (Lipinski definition) is 2. The van der Waals surface area contributed by atoms with E-state index in [0.717, 1.165) is 6.20 Å². The molecule has 200 valence electrons. The largest absolute Gasteiger partial charge is 0.434 e. The maximum absolute atomic E-state index is 14.7. The van der Waals surface area contributed by atoms with E-state index in [-0.39, 0.29) is 17.1 Å². The zero-order chi connectivity index (χ0) is 28.0. The lowest BCUT2D eigenvalue weighted by molar-refractivity contribution is -0.381. The van der Waals surface area contributed by atoms with E-state index in [9.17, 15) is 31.9 Å². The maximum atomic E-state index is 14.7. The van der Waals surface area contributed by atoms with Crippen LogP contribution in [0.4, 0.5) is 27.8 Å². The van der Waals surface area contributed by atoms with Crippen LogP contribution in [-0.4, -0.2) is 73.9 Å². The summed E-state index contributed by atoms with van der Waals surface area (Å²) in [5, 5.41) is 17.8. The van der Waals surface area contributed by atoms with E-state index < -0.39 is 48.2 Å². The average molecular weight is 557 g/mol. The minimum absolute atomic E-state index is 0.157. The van der Waals surface area contributed by atoms with Gasteiger partial charge in [0.1, 0.15) is 5.82 Å². The Balaban J connectivity index is 1.69. The predicted octanol–water partition coefficient (Wildman–Crippen LogP) is 3.30. The Kier molecular flexibility index (Phi) is 7.14. The van der Waals surface area contributed by atoms with Crippen molar-refractivity contribution in [1.29, 1.82) is 0 Å². The van der Waals surface area contributed by atoms with Crippen LogP contribution in [-0.2, 0) is 18.0 Å². The van der Waals surface area contributed by atoms with Crippen molar-refractivity contribution in [3.05, 3.63) is 59.3 Å². The number of ether oxygens (including phenoxy) is 1. The predicted molar refractivity (Wildman–Crippen MR) is 125 cm³/mol. The van der Waals surface area contributed by atoms with Gasteiger partial charge in [0.2, 0.25) is 0 Å². The number of carbonyl (C=O) groups is 1. The molecule has 1 saturated heterocycles. The quantitative estimate of drug-likeness (QED) is 0.367. The minimum atomic E-state index is -4.72. The number of morpholine rings is 1. The molecule has 2 radical (unpaired) electrons. The molecule has 0 aliphatic carbocycles. The monoisotopic (exact) mass is 556 g/mol. The fourth-order valence-corrected chi connectivity index (χ4v) is 4.07. The van der Waals surface area contributed by atoms with E-state index in [0.29, 0.717) is 21.7 Å². The van der Waals surface area contributed by atoms with Crippen LogP contribution >= 0.6 is 11.6 Å². The summed E-state index contributed by atoms with van der Waals surface area (Å²) in [4.78, 5) is 20.9. The highest BCUT2D eigenvalue weighted by molar-refractivity contribution is 6.30. The number of aryl methyl sites for hydroxylation is 1. The van der Waals surface area contributed by atoms with Crippen LogP contribution in [0.1, 0.15) is 23.1 Å². The average Bonchev–Trinajstić information content (AvgIpc) is 3.21. The third kappa shape index (κ3) is 5.17. The molecule has 9 nitrogen and oxygen atoms in total. The summed E-state index contributed by atoms with van der Waals surface area (Å²) >= 11 is 5.93. The molecule has 1 amide bonds. The van der Waals surface area contributed by atoms with E-state index in [1.54, 1.807) is 24.3 Å². The van der Waals surface area contributed by atoms with Gasteiger partial charge in [-0.3, -0.25) is 9.48 Å². The number of halogens is 6. The van der Waals surface area contributed by atoms with Crippen LogP contribution in [0.25, 0.3) is 11.1 Å². The molecule has 3 unspecified atom stereocenters. The molecule has 0 saturated carbocycles. The number of hydrogen-bond acceptors (Lipinski definition) is 7. The molecular formula is C22H19BClF5N6O3. The Bertz CT molecular complexity index is 1320. The first kappa shape index (κ1) is 27.7. The van der Waals surface area contributed by atoms with Gasteiger partial charge in [-0.1, -0.05) is 23.7 Å². The summed E-state index contributed by atoms with van der Waals surface area (Å²) in [5.74, 6) is -1.31. The highest BCUT2D eigenvalue weighted by atomic mass is 35.5. The van der Waals surface area contributed by atoms with Gasteiger partial charge >= 0.3 is 12.3 Å². The molecule has 3 heterocycles. The molecule has 1 aliphatic rings. The Morgan fingerprint density at radius 2 is 1.89 bits per heavy atom. The summed E-state index contributed by atoms with van der Waals surface area (Å²) in [5.41, 5.74) is -4.44. The number of aromatic nitrogens is 4. The number of alkyl halides is 5. The summed E-state index contributed by atoms with van der Waals surface area (Å²) in [6, 6.07) is 4.93. The van der Waals surface area contributed by atoms with Crippen molar-refractivity contribution in [2.24, 2.45) is 7.05 Å². The molecule has 2 N–H and O–H groups in total. The Morgan fingerprint density at radius 1 is 1.24 bits per heavy atom. The Morgan fingerprint density at radius 3 is 2.47 bits per heavy atom. The third-order valence-corrected chi connectivity index (χ3v) is 6.09. The fourth-order valence-electron chi connectivity index (χ4n) is 3.94. The molecule has 3 atom stereocenters. The zero-order valence-electron chi connectivity index (χ0n) is 19.7. The molecule has 1 aromatic carbocycles. The second-order valence-corrected chi connectivity index (χ2v) is 8.98. The van der Waals surface area contributed by atoms with E-state index in [1.165, 1.54) is 24.9 Å². The summed E-state index contributed by atoms with van der Waals surface area (Å²) in [6.45, 7) is 0.804. The standard InChI is InChI=1S/C22H19BClF5N6O3/c1-11-15(7-31-17-9-30-16(8-32-17)20(25,26)27)35(21(23,37)22(28,29)38-11)19(36)18-14(10-34(2)33-18)12-3-5-13(24)6-4-12/h3-6,8-11,15,37H,7H2,1-2H3,(H,31,32). The van der Waals surface area contributed by atoms with Crippen molar-refractivity contribution in [2.45, 2.75) is 37.0 Å². The molecule has 4 rings (SSSR count). The first-order valence-electron chi connectivity index (χ1n) is 10.9. The van der Waals surface area contributed by atoms with Crippen molar-refractivity contribution in [1.82, 2.24) is 24.6 Å². The molecule has 0 spiro atoms. The molecule has 1 aliphatic heterocycles. The van der Waals surface area contributed by atoms with Crippen LogP contribution in [0.2, 0.25) is 5.02 Å². The molecule has 3 aromatic rings. The Labute approximate surface area is 219 Å². The van der Waals surface area contributed by atoms with Gasteiger partial charge in [-0.05, 0) is 24.6 Å². The first-order valence-corrected chi connectivity index (χ1v) is 11.3. The van der Waals surface area contributed by atoms with Gasteiger partial charge in [-0.25, -0.2) is 9.97 Å². The van der Waals surface area contributed by atoms with Gasteiger partial charge in [0, 0.05) is 30.4 Å². The lowest BCUT2D eigenvalue weighted by Gasteiger charge is -2.52. The number of aliphatic hydroxyl groups is 1. The van der Waals surface area contributed by atoms with Crippen molar-refractivity contribution < 1.29 is 36.6 Å². The van der Waals surface area contributed by atoms with Crippen LogP contribution in [0.5, 0.6) is 0 Å². The van der Waals surface area contributed by atoms with Gasteiger partial charge in [-0.2, -0.15) is 27.1 Å². The molecular weight excluding hydrogens is 538 g/mol. The van der Waals surface area contributed by atoms with Gasteiger partial charge in [0.15, 0.2) is 24.9 Å². The third-order valence-electron chi connectivity index (χ3n) is 5.84. The van der Waals surface area contributed by atoms with Crippen LogP contribution in [0.3, 0.4) is 0 Å². The smallest absolute Gasteiger partial charge is 0.372 e. The number of rotatable bonds is 5. The number of carbonyl (C=O) groups excluding carboxylic acids is 1. The van der Waals surface area contributed by atoms with Crippen molar-refractivity contribution >= 4 is 31.2 Å². The molecule has 2 aromatic heterocycles. The van der Waals surface area contributed by atoms with Crippen LogP contribution in [0, 0.1) is 0 Å². The second-order valence-electron chi connectivity index (χ2n) is 8.55. The fraction of sp³-hybridized carbons (Fsp3) is 0.364.